The fourth-order valence-electron chi connectivity index (χ4n) is 3.81. The zero-order valence-corrected chi connectivity index (χ0v) is 18.5. The number of benzene rings is 3. The number of H-pyrrole nitrogens is 1. The van der Waals surface area contributed by atoms with E-state index in [1.165, 1.54) is 16.7 Å². The minimum atomic E-state index is 0.706. The normalized spacial score (nSPS) is 10.9. The predicted molar refractivity (Wildman–Crippen MR) is 133 cm³/mol. The van der Waals surface area contributed by atoms with Crippen molar-refractivity contribution in [3.63, 3.8) is 0 Å². The number of aromatic amines is 1. The molecular formula is C28H22ClN3. The molecule has 0 aliphatic carbocycles. The van der Waals surface area contributed by atoms with Gasteiger partial charge in [-0.05, 0) is 59.5 Å². The minimum absolute atomic E-state index is 0.706. The smallest absolute Gasteiger partial charge is 0.138 e. The summed E-state index contributed by atoms with van der Waals surface area (Å²) in [5.74, 6) is 0.808. The van der Waals surface area contributed by atoms with Crippen molar-refractivity contribution in [3.05, 3.63) is 108 Å². The Morgan fingerprint density at radius 3 is 1.84 bits per heavy atom. The van der Waals surface area contributed by atoms with E-state index >= 15 is 0 Å². The molecule has 2 aromatic heterocycles. The first-order valence-electron chi connectivity index (χ1n) is 10.7. The van der Waals surface area contributed by atoms with Crippen LogP contribution in [0.1, 0.15) is 12.5 Å². The van der Waals surface area contributed by atoms with E-state index < -0.39 is 0 Å². The maximum atomic E-state index is 6.07. The first-order chi connectivity index (χ1) is 15.7. The summed E-state index contributed by atoms with van der Waals surface area (Å²) in [4.78, 5) is 12.6. The third-order valence-corrected chi connectivity index (χ3v) is 5.90. The summed E-state index contributed by atoms with van der Waals surface area (Å²) in [6, 6.07) is 29.0. The maximum Gasteiger partial charge on any atom is 0.138 e. The molecule has 32 heavy (non-hydrogen) atoms. The molecule has 0 spiro atoms. The van der Waals surface area contributed by atoms with Crippen molar-refractivity contribution in [3.8, 4) is 45.0 Å². The van der Waals surface area contributed by atoms with Crippen molar-refractivity contribution in [1.29, 1.82) is 0 Å². The largest absolute Gasteiger partial charge is 0.337 e. The fraction of sp³-hybridized carbons (Fsp3) is 0.0714. The van der Waals surface area contributed by atoms with E-state index in [0.717, 1.165) is 40.3 Å². The van der Waals surface area contributed by atoms with Gasteiger partial charge in [-0.15, -0.1) is 0 Å². The molecule has 0 fully saturated rings. The highest BCUT2D eigenvalue weighted by Crippen LogP contribution is 2.34. The van der Waals surface area contributed by atoms with E-state index in [4.69, 9.17) is 16.6 Å². The summed E-state index contributed by atoms with van der Waals surface area (Å²) >= 11 is 6.07. The predicted octanol–water partition coefficient (Wildman–Crippen LogP) is 7.69. The summed E-state index contributed by atoms with van der Waals surface area (Å²) in [5.41, 5.74) is 8.72. The van der Waals surface area contributed by atoms with Gasteiger partial charge in [-0.25, -0.2) is 4.98 Å². The van der Waals surface area contributed by atoms with Gasteiger partial charge in [-0.1, -0.05) is 67.1 Å². The summed E-state index contributed by atoms with van der Waals surface area (Å²) in [6.45, 7) is 2.17. The second-order valence-corrected chi connectivity index (χ2v) is 8.12. The lowest BCUT2D eigenvalue weighted by Crippen LogP contribution is -1.86. The van der Waals surface area contributed by atoms with Gasteiger partial charge in [0.25, 0.3) is 0 Å². The van der Waals surface area contributed by atoms with Crippen molar-refractivity contribution in [1.82, 2.24) is 15.0 Å². The van der Waals surface area contributed by atoms with Crippen molar-refractivity contribution < 1.29 is 0 Å². The molecular weight excluding hydrogens is 414 g/mol. The molecule has 0 aliphatic heterocycles. The van der Waals surface area contributed by atoms with Gasteiger partial charge in [0.15, 0.2) is 0 Å². The summed E-state index contributed by atoms with van der Waals surface area (Å²) in [6.07, 6.45) is 4.64. The van der Waals surface area contributed by atoms with Crippen molar-refractivity contribution >= 4 is 11.6 Å². The molecule has 0 amide bonds. The van der Waals surface area contributed by atoms with Crippen LogP contribution in [0.2, 0.25) is 5.02 Å². The molecule has 2 heterocycles. The van der Waals surface area contributed by atoms with Crippen LogP contribution in [0.3, 0.4) is 0 Å². The monoisotopic (exact) mass is 435 g/mol. The summed E-state index contributed by atoms with van der Waals surface area (Å²) < 4.78 is 0. The molecule has 1 N–H and O–H groups in total. The molecule has 5 rings (SSSR count). The lowest BCUT2D eigenvalue weighted by molar-refractivity contribution is 1.14. The number of aromatic nitrogens is 3. The number of nitrogens with one attached hydrogen (secondary N) is 1. The lowest BCUT2D eigenvalue weighted by atomic mass is 10.00. The SMILES string of the molecule is CCc1ccc(-c2ccc(-c3nc(-c4ccc(Cl)cc4)[nH]c3-c3ccncc3)cc2)cc1. The Bertz CT molecular complexity index is 1320. The van der Waals surface area contributed by atoms with Crippen molar-refractivity contribution in [2.75, 3.05) is 0 Å². The quantitative estimate of drug-likeness (QED) is 0.307. The number of pyridine rings is 1. The summed E-state index contributed by atoms with van der Waals surface area (Å²) in [7, 11) is 0. The van der Waals surface area contributed by atoms with Crippen LogP contribution >= 0.6 is 11.6 Å². The van der Waals surface area contributed by atoms with E-state index in [1.54, 1.807) is 12.4 Å². The first kappa shape index (κ1) is 20.2. The highest BCUT2D eigenvalue weighted by Gasteiger charge is 2.15. The van der Waals surface area contributed by atoms with E-state index in [-0.39, 0.29) is 0 Å². The average Bonchev–Trinajstić information content (AvgIpc) is 3.31. The Hall–Kier alpha value is -3.69. The third-order valence-electron chi connectivity index (χ3n) is 5.64. The molecule has 156 valence electrons. The Morgan fingerprint density at radius 2 is 1.22 bits per heavy atom. The van der Waals surface area contributed by atoms with Crippen molar-refractivity contribution in [2.24, 2.45) is 0 Å². The second-order valence-electron chi connectivity index (χ2n) is 7.68. The minimum Gasteiger partial charge on any atom is -0.337 e. The van der Waals surface area contributed by atoms with Crippen LogP contribution in [0.4, 0.5) is 0 Å². The van der Waals surface area contributed by atoms with Crippen LogP contribution in [0.5, 0.6) is 0 Å². The Kier molecular flexibility index (Phi) is 5.57. The number of aryl methyl sites for hydroxylation is 1. The molecule has 3 aromatic carbocycles. The summed E-state index contributed by atoms with van der Waals surface area (Å²) in [5, 5.41) is 0.706. The van der Waals surface area contributed by atoms with E-state index in [1.807, 2.05) is 36.4 Å². The fourth-order valence-corrected chi connectivity index (χ4v) is 3.93. The van der Waals surface area contributed by atoms with Gasteiger partial charge in [0.05, 0.1) is 11.4 Å². The van der Waals surface area contributed by atoms with Gasteiger partial charge in [0.2, 0.25) is 0 Å². The van der Waals surface area contributed by atoms with E-state index in [0.29, 0.717) is 5.02 Å². The maximum absolute atomic E-state index is 6.07. The highest BCUT2D eigenvalue weighted by atomic mass is 35.5. The molecule has 4 heteroatoms. The first-order valence-corrected chi connectivity index (χ1v) is 11.0. The second kappa shape index (κ2) is 8.81. The highest BCUT2D eigenvalue weighted by molar-refractivity contribution is 6.30. The van der Waals surface area contributed by atoms with Crippen LogP contribution in [0.15, 0.2) is 97.3 Å². The topological polar surface area (TPSA) is 41.6 Å². The number of rotatable bonds is 5. The van der Waals surface area contributed by atoms with E-state index in [2.05, 4.69) is 65.4 Å². The van der Waals surface area contributed by atoms with Crippen molar-refractivity contribution in [2.45, 2.75) is 13.3 Å². The van der Waals surface area contributed by atoms with Crippen LogP contribution in [0.25, 0.3) is 45.0 Å². The third kappa shape index (κ3) is 4.08. The van der Waals surface area contributed by atoms with Crippen LogP contribution in [-0.2, 0) is 6.42 Å². The van der Waals surface area contributed by atoms with Gasteiger partial charge < -0.3 is 4.98 Å². The van der Waals surface area contributed by atoms with Crippen LogP contribution < -0.4 is 0 Å². The standard InChI is InChI=1S/C28H22ClN3/c1-2-19-3-5-20(6-4-19)21-7-9-22(10-8-21)26-27(23-15-17-30-18-16-23)32-28(31-26)24-11-13-25(29)14-12-24/h3-18H,2H2,1H3,(H,31,32). The molecule has 0 saturated heterocycles. The Balaban J connectivity index is 1.56. The van der Waals surface area contributed by atoms with Crippen LogP contribution in [-0.4, -0.2) is 15.0 Å². The molecule has 0 saturated carbocycles. The molecule has 0 radical (unpaired) electrons. The number of imidazole rings is 1. The molecule has 0 unspecified atom stereocenters. The molecule has 5 aromatic rings. The van der Waals surface area contributed by atoms with E-state index in [9.17, 15) is 0 Å². The average molecular weight is 436 g/mol. The zero-order chi connectivity index (χ0) is 21.9. The lowest BCUT2D eigenvalue weighted by Gasteiger charge is -2.06. The van der Waals surface area contributed by atoms with Gasteiger partial charge >= 0.3 is 0 Å². The molecule has 0 bridgehead atoms. The zero-order valence-electron chi connectivity index (χ0n) is 17.7. The van der Waals surface area contributed by atoms with Gasteiger partial charge in [0.1, 0.15) is 5.82 Å². The molecule has 0 atom stereocenters. The number of hydrogen-bond donors (Lipinski definition) is 1. The Morgan fingerprint density at radius 1 is 0.656 bits per heavy atom. The Labute approximate surface area is 192 Å². The van der Waals surface area contributed by atoms with Gasteiger partial charge in [0, 0.05) is 34.1 Å². The molecule has 0 aliphatic rings. The van der Waals surface area contributed by atoms with Gasteiger partial charge in [-0.3, -0.25) is 4.98 Å². The number of halogens is 1. The molecule has 3 nitrogen and oxygen atoms in total. The van der Waals surface area contributed by atoms with Gasteiger partial charge in [-0.2, -0.15) is 0 Å². The number of hydrogen-bond acceptors (Lipinski definition) is 2. The van der Waals surface area contributed by atoms with Crippen LogP contribution in [0, 0.1) is 0 Å². The number of nitrogens with zero attached hydrogens (tertiary/aromatic N) is 2.